The van der Waals surface area contributed by atoms with E-state index in [0.29, 0.717) is 23.6 Å². The number of rotatable bonds is 6. The quantitative estimate of drug-likeness (QED) is 0.708. The molecule has 122 valence electrons. The van der Waals surface area contributed by atoms with Gasteiger partial charge < -0.3 is 9.84 Å². The van der Waals surface area contributed by atoms with E-state index in [9.17, 15) is 9.59 Å². The fraction of sp³-hybridized carbons (Fsp3) is 0.312. The van der Waals surface area contributed by atoms with E-state index in [2.05, 4.69) is 21.3 Å². The predicted molar refractivity (Wildman–Crippen MR) is 85.7 cm³/mol. The van der Waals surface area contributed by atoms with Crippen molar-refractivity contribution in [2.75, 3.05) is 5.32 Å². The summed E-state index contributed by atoms with van der Waals surface area (Å²) in [7, 11) is 0. The number of hydrogen-bond donors (Lipinski definition) is 3. The van der Waals surface area contributed by atoms with Gasteiger partial charge in [0.1, 0.15) is 11.8 Å². The van der Waals surface area contributed by atoms with Crippen LogP contribution in [0.2, 0.25) is 0 Å². The Kier molecular flexibility index (Phi) is 5.48. The van der Waals surface area contributed by atoms with E-state index in [1.807, 2.05) is 26.0 Å². The number of aromatic nitrogens is 1. The highest BCUT2D eigenvalue weighted by molar-refractivity contribution is 5.96. The molecular formula is C16H20N4O3. The van der Waals surface area contributed by atoms with Crippen molar-refractivity contribution in [2.24, 2.45) is 0 Å². The number of carbonyl (C=O) groups excluding carboxylic acids is 2. The topological polar surface area (TPSA) is 96.3 Å². The molecule has 1 unspecified atom stereocenters. The van der Waals surface area contributed by atoms with Gasteiger partial charge in [0.15, 0.2) is 5.82 Å². The number of nitrogens with one attached hydrogen (secondary N) is 3. The highest BCUT2D eigenvalue weighted by atomic mass is 16.5. The molecule has 23 heavy (non-hydrogen) atoms. The van der Waals surface area contributed by atoms with Crippen molar-refractivity contribution in [2.45, 2.75) is 33.2 Å². The largest absolute Gasteiger partial charge is 0.360 e. The second-order valence-electron chi connectivity index (χ2n) is 5.24. The molecule has 0 bridgehead atoms. The minimum absolute atomic E-state index is 0.298. The molecule has 0 saturated heterocycles. The zero-order valence-corrected chi connectivity index (χ0v) is 13.3. The molecule has 0 radical (unpaired) electrons. The van der Waals surface area contributed by atoms with E-state index in [-0.39, 0.29) is 11.8 Å². The molecule has 1 aromatic heterocycles. The molecule has 2 amide bonds. The Morgan fingerprint density at radius 2 is 1.91 bits per heavy atom. The van der Waals surface area contributed by atoms with Crippen molar-refractivity contribution in [1.29, 1.82) is 0 Å². The molecule has 1 aromatic carbocycles. The van der Waals surface area contributed by atoms with Crippen LogP contribution in [-0.4, -0.2) is 23.0 Å². The number of anilines is 1. The van der Waals surface area contributed by atoms with Crippen LogP contribution in [0.25, 0.3) is 0 Å². The van der Waals surface area contributed by atoms with E-state index < -0.39 is 6.04 Å². The molecule has 0 fully saturated rings. The lowest BCUT2D eigenvalue weighted by molar-refractivity contribution is -0.118. The first kappa shape index (κ1) is 16.7. The Balaban J connectivity index is 1.89. The third-order valence-electron chi connectivity index (χ3n) is 3.28. The van der Waals surface area contributed by atoms with Gasteiger partial charge in [-0.3, -0.25) is 15.0 Å². The molecule has 1 heterocycles. The van der Waals surface area contributed by atoms with Gasteiger partial charge in [-0.15, -0.1) is 0 Å². The molecule has 7 nitrogen and oxygen atoms in total. The van der Waals surface area contributed by atoms with Crippen molar-refractivity contribution >= 4 is 17.6 Å². The second kappa shape index (κ2) is 7.55. The first-order valence-electron chi connectivity index (χ1n) is 7.36. The Morgan fingerprint density at radius 1 is 1.22 bits per heavy atom. The summed E-state index contributed by atoms with van der Waals surface area (Å²) >= 11 is 0. The Hall–Kier alpha value is -2.67. The van der Waals surface area contributed by atoms with Gasteiger partial charge in [-0.1, -0.05) is 29.8 Å². The molecule has 0 aliphatic heterocycles. The summed E-state index contributed by atoms with van der Waals surface area (Å²) in [5.41, 5.74) is 6.88. The Labute approximate surface area is 134 Å². The maximum absolute atomic E-state index is 12.1. The number of nitrogens with zero attached hydrogens (tertiary/aromatic N) is 1. The normalized spacial score (nSPS) is 11.8. The smallest absolute Gasteiger partial charge is 0.265 e. The summed E-state index contributed by atoms with van der Waals surface area (Å²) in [6.45, 7) is 5.52. The van der Waals surface area contributed by atoms with Crippen LogP contribution in [0, 0.1) is 13.8 Å². The number of amides is 2. The lowest BCUT2D eigenvalue weighted by atomic mass is 10.1. The van der Waals surface area contributed by atoms with Gasteiger partial charge in [0.25, 0.3) is 5.91 Å². The van der Waals surface area contributed by atoms with Crippen LogP contribution >= 0.6 is 0 Å². The van der Waals surface area contributed by atoms with Crippen molar-refractivity contribution in [3.8, 4) is 0 Å². The van der Waals surface area contributed by atoms with Gasteiger partial charge in [0, 0.05) is 11.6 Å². The summed E-state index contributed by atoms with van der Waals surface area (Å²) in [6.07, 6.45) is 0.497. The van der Waals surface area contributed by atoms with Gasteiger partial charge in [-0.25, -0.2) is 5.43 Å². The lowest BCUT2D eigenvalue weighted by Crippen LogP contribution is -2.49. The first-order chi connectivity index (χ1) is 11.0. The fourth-order valence-corrected chi connectivity index (χ4v) is 1.92. The summed E-state index contributed by atoms with van der Waals surface area (Å²) in [6, 6.07) is 8.20. The maximum Gasteiger partial charge on any atom is 0.265 e. The summed E-state index contributed by atoms with van der Waals surface area (Å²) < 4.78 is 4.89. The molecule has 0 aliphatic carbocycles. The van der Waals surface area contributed by atoms with Crippen LogP contribution in [0.3, 0.4) is 0 Å². The van der Waals surface area contributed by atoms with Crippen LogP contribution in [0.4, 0.5) is 5.82 Å². The van der Waals surface area contributed by atoms with Gasteiger partial charge in [0.2, 0.25) is 5.91 Å². The number of hydrazine groups is 1. The average molecular weight is 316 g/mol. The van der Waals surface area contributed by atoms with Gasteiger partial charge in [-0.05, 0) is 32.4 Å². The number of aryl methyl sites for hydroxylation is 2. The van der Waals surface area contributed by atoms with Crippen LogP contribution < -0.4 is 16.2 Å². The molecule has 0 aliphatic rings. The highest BCUT2D eigenvalue weighted by Gasteiger charge is 2.18. The molecule has 3 N–H and O–H groups in total. The molecule has 2 rings (SSSR count). The molecule has 0 saturated carbocycles. The standard InChI is InChI=1S/C16H20N4O3/c1-4-13(16(22)17-14-9-11(3)23-20-14)18-19-15(21)12-7-5-10(2)6-8-12/h5-9,13,18H,4H2,1-3H3,(H,19,21)(H,17,20,22). The van der Waals surface area contributed by atoms with Crippen molar-refractivity contribution in [3.63, 3.8) is 0 Å². The molecule has 1 atom stereocenters. The minimum Gasteiger partial charge on any atom is -0.360 e. The van der Waals surface area contributed by atoms with Crippen LogP contribution in [0.15, 0.2) is 34.9 Å². The van der Waals surface area contributed by atoms with Crippen molar-refractivity contribution < 1.29 is 14.1 Å². The van der Waals surface area contributed by atoms with Crippen LogP contribution in [0.5, 0.6) is 0 Å². The first-order valence-corrected chi connectivity index (χ1v) is 7.36. The molecule has 7 heteroatoms. The molecular weight excluding hydrogens is 296 g/mol. The van der Waals surface area contributed by atoms with E-state index in [4.69, 9.17) is 4.52 Å². The highest BCUT2D eigenvalue weighted by Crippen LogP contribution is 2.08. The maximum atomic E-state index is 12.1. The van der Waals surface area contributed by atoms with E-state index >= 15 is 0 Å². The number of benzene rings is 1. The summed E-state index contributed by atoms with van der Waals surface area (Å²) in [5, 5.41) is 6.33. The monoisotopic (exact) mass is 316 g/mol. The third kappa shape index (κ3) is 4.65. The summed E-state index contributed by atoms with van der Waals surface area (Å²) in [5.74, 6) is 0.352. The van der Waals surface area contributed by atoms with Gasteiger partial charge in [-0.2, -0.15) is 0 Å². The zero-order chi connectivity index (χ0) is 16.8. The van der Waals surface area contributed by atoms with Gasteiger partial charge in [0.05, 0.1) is 0 Å². The molecule has 2 aromatic rings. The average Bonchev–Trinajstić information content (AvgIpc) is 2.93. The van der Waals surface area contributed by atoms with Crippen LogP contribution in [0.1, 0.15) is 35.0 Å². The van der Waals surface area contributed by atoms with Crippen LogP contribution in [-0.2, 0) is 4.79 Å². The third-order valence-corrected chi connectivity index (χ3v) is 3.28. The van der Waals surface area contributed by atoms with Gasteiger partial charge >= 0.3 is 0 Å². The minimum atomic E-state index is -0.582. The Bertz CT molecular complexity index is 679. The zero-order valence-electron chi connectivity index (χ0n) is 13.3. The van der Waals surface area contributed by atoms with E-state index in [0.717, 1.165) is 5.56 Å². The van der Waals surface area contributed by atoms with E-state index in [1.165, 1.54) is 0 Å². The number of hydrogen-bond acceptors (Lipinski definition) is 5. The van der Waals surface area contributed by atoms with E-state index in [1.54, 1.807) is 25.1 Å². The SMILES string of the molecule is CCC(NNC(=O)c1ccc(C)cc1)C(=O)Nc1cc(C)on1. The summed E-state index contributed by atoms with van der Waals surface area (Å²) in [4.78, 5) is 24.2. The predicted octanol–water partition coefficient (Wildman–Crippen LogP) is 1.94. The van der Waals surface area contributed by atoms with Crippen molar-refractivity contribution in [3.05, 3.63) is 47.2 Å². The van der Waals surface area contributed by atoms with Crippen molar-refractivity contribution in [1.82, 2.24) is 16.0 Å². The molecule has 0 spiro atoms. The number of carbonyl (C=O) groups is 2. The second-order valence-corrected chi connectivity index (χ2v) is 5.24. The fourth-order valence-electron chi connectivity index (χ4n) is 1.92. The Morgan fingerprint density at radius 3 is 2.48 bits per heavy atom. The lowest BCUT2D eigenvalue weighted by Gasteiger charge is -2.16.